The maximum absolute atomic E-state index is 13.4. The normalized spacial score (nSPS) is 12.8. The van der Waals surface area contributed by atoms with E-state index in [9.17, 15) is 14.3 Å². The Morgan fingerprint density at radius 2 is 1.97 bits per heavy atom. The summed E-state index contributed by atoms with van der Waals surface area (Å²) in [6.07, 6.45) is 0.985. The lowest BCUT2D eigenvalue weighted by atomic mass is 10.0. The van der Waals surface area contributed by atoms with Crippen molar-refractivity contribution in [3.05, 3.63) is 95.0 Å². The standard InChI is InChI=1S/C26H24ClFN4O3/c1-2-35-25(20-8-3-4-13-29-20)23(15-33)30-26(34)18-6-5-7-19(27)24(18)22-14-21(31-32-22)16-9-11-17(28)12-10-16/h3-14,23,25,33H,2,15H2,1H3,(H,30,34)(H,31,32)/t23-,25?/m0/s1. The van der Waals surface area contributed by atoms with E-state index < -0.39 is 18.1 Å². The molecule has 0 saturated heterocycles. The number of H-pyrrole nitrogens is 1. The van der Waals surface area contributed by atoms with Crippen molar-refractivity contribution in [3.63, 3.8) is 0 Å². The van der Waals surface area contributed by atoms with Crippen LogP contribution in [0.5, 0.6) is 0 Å². The zero-order valence-electron chi connectivity index (χ0n) is 18.9. The second kappa shape index (κ2) is 11.2. The lowest BCUT2D eigenvalue weighted by molar-refractivity contribution is 0.0134. The number of hydrogen-bond donors (Lipinski definition) is 3. The SMILES string of the molecule is CCOC(c1ccccn1)[C@H](CO)NC(=O)c1cccc(Cl)c1-c1cc(-c2ccc(F)cc2)n[nH]1. The molecule has 180 valence electrons. The second-order valence-electron chi connectivity index (χ2n) is 7.73. The highest BCUT2D eigenvalue weighted by atomic mass is 35.5. The van der Waals surface area contributed by atoms with Crippen molar-refractivity contribution in [1.29, 1.82) is 0 Å². The Bertz CT molecular complexity index is 1280. The van der Waals surface area contributed by atoms with Gasteiger partial charge in [0.15, 0.2) is 0 Å². The van der Waals surface area contributed by atoms with Crippen molar-refractivity contribution in [1.82, 2.24) is 20.5 Å². The van der Waals surface area contributed by atoms with E-state index in [0.29, 0.717) is 45.4 Å². The molecule has 35 heavy (non-hydrogen) atoms. The van der Waals surface area contributed by atoms with Crippen LogP contribution in [0.15, 0.2) is 72.9 Å². The molecule has 0 saturated carbocycles. The third-order valence-electron chi connectivity index (χ3n) is 5.45. The number of halogens is 2. The molecule has 0 aliphatic rings. The van der Waals surface area contributed by atoms with Crippen LogP contribution in [0, 0.1) is 5.82 Å². The molecule has 9 heteroatoms. The molecule has 0 fully saturated rings. The van der Waals surface area contributed by atoms with Gasteiger partial charge in [0.25, 0.3) is 5.91 Å². The van der Waals surface area contributed by atoms with Crippen molar-refractivity contribution >= 4 is 17.5 Å². The Kier molecular flexibility index (Phi) is 7.87. The summed E-state index contributed by atoms with van der Waals surface area (Å²) in [5, 5.41) is 20.5. The molecule has 0 radical (unpaired) electrons. The summed E-state index contributed by atoms with van der Waals surface area (Å²) < 4.78 is 19.1. The van der Waals surface area contributed by atoms with Gasteiger partial charge in [-0.3, -0.25) is 14.9 Å². The molecule has 2 atom stereocenters. The summed E-state index contributed by atoms with van der Waals surface area (Å²) in [5.41, 5.74) is 3.15. The first-order valence-electron chi connectivity index (χ1n) is 11.1. The third kappa shape index (κ3) is 5.57. The zero-order valence-corrected chi connectivity index (χ0v) is 19.7. The number of hydrogen-bond acceptors (Lipinski definition) is 5. The predicted octanol–water partition coefficient (Wildman–Crippen LogP) is 4.80. The van der Waals surface area contributed by atoms with Crippen LogP contribution < -0.4 is 5.32 Å². The van der Waals surface area contributed by atoms with Crippen molar-refractivity contribution in [2.75, 3.05) is 13.2 Å². The van der Waals surface area contributed by atoms with Gasteiger partial charge in [-0.25, -0.2) is 4.39 Å². The van der Waals surface area contributed by atoms with Crippen LogP contribution in [0.4, 0.5) is 4.39 Å². The van der Waals surface area contributed by atoms with Crippen molar-refractivity contribution in [2.45, 2.75) is 19.1 Å². The van der Waals surface area contributed by atoms with E-state index in [2.05, 4.69) is 20.5 Å². The number of aromatic nitrogens is 3. The van der Waals surface area contributed by atoms with E-state index in [1.165, 1.54) is 12.1 Å². The van der Waals surface area contributed by atoms with Gasteiger partial charge in [0.1, 0.15) is 11.9 Å². The van der Waals surface area contributed by atoms with Crippen molar-refractivity contribution in [3.8, 4) is 22.5 Å². The minimum atomic E-state index is -0.749. The molecule has 1 unspecified atom stereocenters. The van der Waals surface area contributed by atoms with Crippen LogP contribution >= 0.6 is 11.6 Å². The summed E-state index contributed by atoms with van der Waals surface area (Å²) >= 11 is 6.50. The first-order chi connectivity index (χ1) is 17.0. The number of amides is 1. The van der Waals surface area contributed by atoms with Crippen LogP contribution in [-0.2, 0) is 4.74 Å². The molecule has 4 aromatic rings. The summed E-state index contributed by atoms with van der Waals surface area (Å²) in [7, 11) is 0. The highest BCUT2D eigenvalue weighted by Gasteiger charge is 2.28. The largest absolute Gasteiger partial charge is 0.394 e. The third-order valence-corrected chi connectivity index (χ3v) is 5.76. The number of pyridine rings is 1. The molecule has 3 N–H and O–H groups in total. The van der Waals surface area contributed by atoms with Crippen LogP contribution in [-0.4, -0.2) is 45.5 Å². The number of benzene rings is 2. The molecule has 4 rings (SSSR count). The van der Waals surface area contributed by atoms with E-state index in [4.69, 9.17) is 16.3 Å². The number of aliphatic hydroxyl groups is 1. The van der Waals surface area contributed by atoms with Gasteiger partial charge in [-0.15, -0.1) is 0 Å². The first-order valence-corrected chi connectivity index (χ1v) is 11.4. The van der Waals surface area contributed by atoms with Gasteiger partial charge in [-0.1, -0.05) is 23.7 Å². The van der Waals surface area contributed by atoms with Gasteiger partial charge >= 0.3 is 0 Å². The van der Waals surface area contributed by atoms with E-state index >= 15 is 0 Å². The summed E-state index contributed by atoms with van der Waals surface area (Å²) in [5.74, 6) is -0.788. The Morgan fingerprint density at radius 3 is 2.66 bits per heavy atom. The van der Waals surface area contributed by atoms with Crippen LogP contribution in [0.3, 0.4) is 0 Å². The second-order valence-corrected chi connectivity index (χ2v) is 8.14. The summed E-state index contributed by atoms with van der Waals surface area (Å²) in [6.45, 7) is 1.84. The molecule has 0 spiro atoms. The Balaban J connectivity index is 1.64. The average Bonchev–Trinajstić information content (AvgIpc) is 3.36. The van der Waals surface area contributed by atoms with E-state index in [1.54, 1.807) is 54.7 Å². The fourth-order valence-electron chi connectivity index (χ4n) is 3.80. The highest BCUT2D eigenvalue weighted by Crippen LogP contribution is 2.33. The predicted molar refractivity (Wildman–Crippen MR) is 131 cm³/mol. The van der Waals surface area contributed by atoms with Crippen LogP contribution in [0.25, 0.3) is 22.5 Å². The Morgan fingerprint density at radius 1 is 1.17 bits per heavy atom. The molecule has 0 aliphatic heterocycles. The minimum absolute atomic E-state index is 0.293. The van der Waals surface area contributed by atoms with Crippen LogP contribution in [0.2, 0.25) is 5.02 Å². The van der Waals surface area contributed by atoms with Gasteiger partial charge in [0.2, 0.25) is 0 Å². The number of rotatable bonds is 9. The smallest absolute Gasteiger partial charge is 0.252 e. The maximum Gasteiger partial charge on any atom is 0.252 e. The van der Waals surface area contributed by atoms with Gasteiger partial charge in [0.05, 0.1) is 40.3 Å². The summed E-state index contributed by atoms with van der Waals surface area (Å²) in [4.78, 5) is 17.7. The monoisotopic (exact) mass is 494 g/mol. The number of nitrogens with one attached hydrogen (secondary N) is 2. The molecular formula is C26H24ClFN4O3. The molecule has 0 aliphatic carbocycles. The fraction of sp³-hybridized carbons (Fsp3) is 0.192. The number of nitrogens with zero attached hydrogens (tertiary/aromatic N) is 2. The minimum Gasteiger partial charge on any atom is -0.394 e. The lowest BCUT2D eigenvalue weighted by Gasteiger charge is -2.26. The quantitative estimate of drug-likeness (QED) is 0.310. The average molecular weight is 495 g/mol. The molecule has 1 amide bonds. The molecule has 7 nitrogen and oxygen atoms in total. The first kappa shape index (κ1) is 24.5. The zero-order chi connectivity index (χ0) is 24.8. The van der Waals surface area contributed by atoms with Crippen LogP contribution in [0.1, 0.15) is 29.1 Å². The van der Waals surface area contributed by atoms with E-state index in [-0.39, 0.29) is 12.4 Å². The number of ether oxygens (including phenoxy) is 1. The molecule has 2 aromatic carbocycles. The topological polar surface area (TPSA) is 100 Å². The Labute approximate surface area is 206 Å². The molecule has 2 aromatic heterocycles. The number of aliphatic hydroxyl groups excluding tert-OH is 1. The van der Waals surface area contributed by atoms with Gasteiger partial charge in [0, 0.05) is 23.9 Å². The van der Waals surface area contributed by atoms with Crippen molar-refractivity contribution < 1.29 is 19.0 Å². The van der Waals surface area contributed by atoms with E-state index in [1.807, 2.05) is 13.0 Å². The van der Waals surface area contributed by atoms with Gasteiger partial charge in [-0.05, 0) is 61.5 Å². The highest BCUT2D eigenvalue weighted by molar-refractivity contribution is 6.34. The summed E-state index contributed by atoms with van der Waals surface area (Å²) in [6, 6.07) is 17.3. The molecule has 0 bridgehead atoms. The maximum atomic E-state index is 13.4. The van der Waals surface area contributed by atoms with Gasteiger partial charge < -0.3 is 15.2 Å². The number of carbonyl (C=O) groups is 1. The van der Waals surface area contributed by atoms with Gasteiger partial charge in [-0.2, -0.15) is 5.10 Å². The van der Waals surface area contributed by atoms with Crippen molar-refractivity contribution in [2.24, 2.45) is 0 Å². The number of aromatic amines is 1. The lowest BCUT2D eigenvalue weighted by Crippen LogP contribution is -2.43. The Hall–Kier alpha value is -3.59. The molecular weight excluding hydrogens is 471 g/mol. The molecule has 2 heterocycles. The van der Waals surface area contributed by atoms with E-state index in [0.717, 1.165) is 0 Å². The fourth-order valence-corrected chi connectivity index (χ4v) is 4.08. The number of carbonyl (C=O) groups excluding carboxylic acids is 1.